The molecule has 1 aromatic heterocycles. The maximum Gasteiger partial charge on any atom is 0.270 e. The first-order valence-corrected chi connectivity index (χ1v) is 7.20. The highest BCUT2D eigenvalue weighted by molar-refractivity contribution is 6.05. The van der Waals surface area contributed by atoms with Crippen LogP contribution in [0.5, 0.6) is 5.75 Å². The number of ether oxygens (including phenoxy) is 1. The summed E-state index contributed by atoms with van der Waals surface area (Å²) < 4.78 is 5.49. The molecular formula is C15H21N5O2. The molecule has 0 atom stereocenters. The van der Waals surface area contributed by atoms with Crippen molar-refractivity contribution >= 4 is 11.9 Å². The molecule has 7 heteroatoms. The minimum atomic E-state index is -0.317. The highest BCUT2D eigenvalue weighted by atomic mass is 16.5. The largest absolute Gasteiger partial charge is 0.496 e. The molecule has 0 fully saturated rings. The zero-order valence-corrected chi connectivity index (χ0v) is 13.5. The standard InChI is InChI=1S/C15H21N5O2/c1-8(2)10-6-11(9(3)4)13(22-5)12(7-10)14(21)16-15-17-19-20-18-15/h6-9H,1-5H3,(H2,16,17,18,19,20,21). The van der Waals surface area contributed by atoms with Crippen LogP contribution < -0.4 is 10.1 Å². The summed E-state index contributed by atoms with van der Waals surface area (Å²) >= 11 is 0. The van der Waals surface area contributed by atoms with Crippen molar-refractivity contribution in [3.63, 3.8) is 0 Å². The fourth-order valence-corrected chi connectivity index (χ4v) is 2.22. The quantitative estimate of drug-likeness (QED) is 0.886. The highest BCUT2D eigenvalue weighted by Crippen LogP contribution is 2.34. The fraction of sp³-hybridized carbons (Fsp3) is 0.467. The number of aromatic nitrogens is 4. The van der Waals surface area contributed by atoms with E-state index in [2.05, 4.69) is 59.7 Å². The lowest BCUT2D eigenvalue weighted by Gasteiger charge is -2.19. The molecule has 1 aromatic carbocycles. The molecule has 2 N–H and O–H groups in total. The maximum atomic E-state index is 12.5. The number of amides is 1. The van der Waals surface area contributed by atoms with Gasteiger partial charge in [-0.3, -0.25) is 10.1 Å². The molecule has 118 valence electrons. The van der Waals surface area contributed by atoms with Gasteiger partial charge in [-0.05, 0) is 34.2 Å². The van der Waals surface area contributed by atoms with Crippen molar-refractivity contribution < 1.29 is 9.53 Å². The predicted molar refractivity (Wildman–Crippen MR) is 83.3 cm³/mol. The Kier molecular flexibility index (Phi) is 4.75. The Labute approximate surface area is 129 Å². The van der Waals surface area contributed by atoms with Gasteiger partial charge >= 0.3 is 0 Å². The number of rotatable bonds is 5. The van der Waals surface area contributed by atoms with Gasteiger partial charge in [0.15, 0.2) is 0 Å². The van der Waals surface area contributed by atoms with Crippen LogP contribution in [0.3, 0.4) is 0 Å². The summed E-state index contributed by atoms with van der Waals surface area (Å²) in [5.74, 6) is 0.946. The number of carbonyl (C=O) groups excluding carboxylic acids is 1. The molecule has 2 aromatic rings. The normalized spacial score (nSPS) is 11.0. The minimum absolute atomic E-state index is 0.133. The molecule has 0 spiro atoms. The molecule has 22 heavy (non-hydrogen) atoms. The first kappa shape index (κ1) is 15.9. The smallest absolute Gasteiger partial charge is 0.270 e. The number of H-pyrrole nitrogens is 1. The average Bonchev–Trinajstić information content (AvgIpc) is 2.98. The van der Waals surface area contributed by atoms with E-state index in [0.29, 0.717) is 17.2 Å². The Bertz CT molecular complexity index is 650. The Morgan fingerprint density at radius 2 is 1.95 bits per heavy atom. The van der Waals surface area contributed by atoms with Crippen molar-refractivity contribution in [2.75, 3.05) is 12.4 Å². The van der Waals surface area contributed by atoms with Gasteiger partial charge in [-0.2, -0.15) is 5.21 Å². The van der Waals surface area contributed by atoms with Gasteiger partial charge in [-0.15, -0.1) is 5.10 Å². The summed E-state index contributed by atoms with van der Waals surface area (Å²) in [6.07, 6.45) is 0. The number of tetrazole rings is 1. The summed E-state index contributed by atoms with van der Waals surface area (Å²) in [5, 5.41) is 15.8. The third-order valence-corrected chi connectivity index (χ3v) is 3.45. The number of benzene rings is 1. The summed E-state index contributed by atoms with van der Waals surface area (Å²) in [7, 11) is 1.57. The van der Waals surface area contributed by atoms with Crippen LogP contribution in [0.15, 0.2) is 12.1 Å². The zero-order valence-electron chi connectivity index (χ0n) is 13.5. The molecular weight excluding hydrogens is 282 g/mol. The molecule has 1 amide bonds. The van der Waals surface area contributed by atoms with Crippen LogP contribution in [0.2, 0.25) is 0 Å². The molecule has 1 heterocycles. The van der Waals surface area contributed by atoms with Gasteiger partial charge in [0.2, 0.25) is 0 Å². The molecule has 0 aliphatic heterocycles. The Balaban J connectivity index is 2.49. The van der Waals surface area contributed by atoms with E-state index in [1.165, 1.54) is 0 Å². The van der Waals surface area contributed by atoms with E-state index in [1.54, 1.807) is 7.11 Å². The molecule has 0 saturated heterocycles. The predicted octanol–water partition coefficient (Wildman–Crippen LogP) is 2.71. The summed E-state index contributed by atoms with van der Waals surface area (Å²) in [6.45, 7) is 8.32. The number of anilines is 1. The second-order valence-corrected chi connectivity index (χ2v) is 5.69. The van der Waals surface area contributed by atoms with Crippen LogP contribution in [0.25, 0.3) is 0 Å². The van der Waals surface area contributed by atoms with Crippen LogP contribution in [-0.4, -0.2) is 33.6 Å². The van der Waals surface area contributed by atoms with Crippen LogP contribution in [-0.2, 0) is 0 Å². The SMILES string of the molecule is COc1c(C(=O)Nc2nn[nH]n2)cc(C(C)C)cc1C(C)C. The summed E-state index contributed by atoms with van der Waals surface area (Å²) in [5.41, 5.74) is 2.57. The van der Waals surface area contributed by atoms with Crippen LogP contribution in [0.1, 0.15) is 61.0 Å². The van der Waals surface area contributed by atoms with E-state index in [-0.39, 0.29) is 17.8 Å². The van der Waals surface area contributed by atoms with Crippen LogP contribution in [0, 0.1) is 0 Å². The van der Waals surface area contributed by atoms with Crippen LogP contribution in [0.4, 0.5) is 5.95 Å². The Morgan fingerprint density at radius 1 is 1.23 bits per heavy atom. The maximum absolute atomic E-state index is 12.5. The third kappa shape index (κ3) is 3.24. The number of hydrogen-bond donors (Lipinski definition) is 2. The second-order valence-electron chi connectivity index (χ2n) is 5.69. The molecule has 0 bridgehead atoms. The van der Waals surface area contributed by atoms with Crippen molar-refractivity contribution in [3.8, 4) is 5.75 Å². The lowest BCUT2D eigenvalue weighted by molar-refractivity contribution is 0.102. The number of carbonyl (C=O) groups is 1. The van der Waals surface area contributed by atoms with Gasteiger partial charge in [0.05, 0.1) is 12.7 Å². The number of methoxy groups -OCH3 is 1. The number of hydrogen-bond acceptors (Lipinski definition) is 5. The zero-order chi connectivity index (χ0) is 16.3. The second kappa shape index (κ2) is 6.55. The number of nitrogens with one attached hydrogen (secondary N) is 2. The molecule has 7 nitrogen and oxygen atoms in total. The van der Waals surface area contributed by atoms with Gasteiger partial charge < -0.3 is 4.74 Å². The van der Waals surface area contributed by atoms with Crippen LogP contribution >= 0.6 is 0 Å². The molecule has 0 aliphatic rings. The summed E-state index contributed by atoms with van der Waals surface area (Å²) in [4.78, 5) is 12.5. The molecule has 0 saturated carbocycles. The van der Waals surface area contributed by atoms with Gasteiger partial charge in [0, 0.05) is 0 Å². The van der Waals surface area contributed by atoms with Gasteiger partial charge in [-0.25, -0.2) is 0 Å². The van der Waals surface area contributed by atoms with Crippen molar-refractivity contribution in [1.29, 1.82) is 0 Å². The fourth-order valence-electron chi connectivity index (χ4n) is 2.22. The lowest BCUT2D eigenvalue weighted by Crippen LogP contribution is -2.16. The molecule has 0 unspecified atom stereocenters. The van der Waals surface area contributed by atoms with Crippen molar-refractivity contribution in [3.05, 3.63) is 28.8 Å². The molecule has 2 rings (SSSR count). The first-order chi connectivity index (χ1) is 10.4. The minimum Gasteiger partial charge on any atom is -0.496 e. The van der Waals surface area contributed by atoms with E-state index in [0.717, 1.165) is 11.1 Å². The van der Waals surface area contributed by atoms with Crippen molar-refractivity contribution in [2.24, 2.45) is 0 Å². The van der Waals surface area contributed by atoms with E-state index >= 15 is 0 Å². The topological polar surface area (TPSA) is 92.8 Å². The van der Waals surface area contributed by atoms with Gasteiger partial charge in [0.25, 0.3) is 11.9 Å². The summed E-state index contributed by atoms with van der Waals surface area (Å²) in [6, 6.07) is 3.95. The average molecular weight is 303 g/mol. The molecule has 0 radical (unpaired) electrons. The number of aromatic amines is 1. The first-order valence-electron chi connectivity index (χ1n) is 7.20. The molecule has 0 aliphatic carbocycles. The Morgan fingerprint density at radius 3 is 2.45 bits per heavy atom. The van der Waals surface area contributed by atoms with E-state index in [9.17, 15) is 4.79 Å². The highest BCUT2D eigenvalue weighted by Gasteiger charge is 2.21. The van der Waals surface area contributed by atoms with Crippen molar-refractivity contribution in [2.45, 2.75) is 39.5 Å². The lowest BCUT2D eigenvalue weighted by atomic mass is 9.91. The van der Waals surface area contributed by atoms with Gasteiger partial charge in [0.1, 0.15) is 5.75 Å². The Hall–Kier alpha value is -2.44. The van der Waals surface area contributed by atoms with E-state index < -0.39 is 0 Å². The van der Waals surface area contributed by atoms with E-state index in [4.69, 9.17) is 4.74 Å². The van der Waals surface area contributed by atoms with Crippen molar-refractivity contribution in [1.82, 2.24) is 20.6 Å². The van der Waals surface area contributed by atoms with Gasteiger partial charge in [-0.1, -0.05) is 38.9 Å². The monoisotopic (exact) mass is 303 g/mol. The third-order valence-electron chi connectivity index (χ3n) is 3.45. The number of nitrogens with zero attached hydrogens (tertiary/aromatic N) is 3. The van der Waals surface area contributed by atoms with E-state index in [1.807, 2.05) is 6.07 Å².